The van der Waals surface area contributed by atoms with Crippen LogP contribution in [0, 0.1) is 6.92 Å². The van der Waals surface area contributed by atoms with E-state index in [1.165, 1.54) is 0 Å². The van der Waals surface area contributed by atoms with E-state index in [9.17, 15) is 14.7 Å². The molecule has 0 aromatic heterocycles. The number of morpholine rings is 1. The van der Waals surface area contributed by atoms with Gasteiger partial charge in [-0.05, 0) is 55.3 Å². The Morgan fingerprint density at radius 2 is 1.78 bits per heavy atom. The van der Waals surface area contributed by atoms with Gasteiger partial charge in [-0.3, -0.25) is 14.5 Å². The molecule has 0 radical (unpaired) electrons. The predicted octanol–water partition coefficient (Wildman–Crippen LogP) is 3.58. The summed E-state index contributed by atoms with van der Waals surface area (Å²) in [7, 11) is 1.58. The molecule has 0 saturated carbocycles. The third kappa shape index (κ3) is 5.67. The van der Waals surface area contributed by atoms with Crippen LogP contribution in [0.2, 0.25) is 0 Å². The Balaban J connectivity index is 0.00000361. The van der Waals surface area contributed by atoms with Gasteiger partial charge in [0.2, 0.25) is 0 Å². The van der Waals surface area contributed by atoms with Gasteiger partial charge in [-0.15, -0.1) is 12.4 Å². The van der Waals surface area contributed by atoms with Crippen molar-refractivity contribution in [1.29, 1.82) is 0 Å². The first kappa shape index (κ1) is 27.5. The molecule has 1 amide bonds. The van der Waals surface area contributed by atoms with Gasteiger partial charge in [-0.25, -0.2) is 0 Å². The Kier molecular flexibility index (Phi) is 9.37. The van der Waals surface area contributed by atoms with Crippen LogP contribution in [0.5, 0.6) is 11.5 Å². The number of ether oxygens (including phenoxy) is 3. The maximum Gasteiger partial charge on any atom is 0.295 e. The van der Waals surface area contributed by atoms with Crippen molar-refractivity contribution in [2.45, 2.75) is 19.9 Å². The van der Waals surface area contributed by atoms with Gasteiger partial charge in [0, 0.05) is 31.7 Å². The Morgan fingerprint density at radius 1 is 1.08 bits per heavy atom. The number of methoxy groups -OCH3 is 1. The lowest BCUT2D eigenvalue weighted by Gasteiger charge is -2.31. The third-order valence-corrected chi connectivity index (χ3v) is 6.48. The quantitative estimate of drug-likeness (QED) is 0.326. The summed E-state index contributed by atoms with van der Waals surface area (Å²) in [6, 6.07) is 11.8. The molecule has 194 valence electrons. The monoisotopic (exact) mass is 516 g/mol. The number of carbonyl (C=O) groups is 2. The van der Waals surface area contributed by atoms with Crippen LogP contribution in [0.15, 0.2) is 48.0 Å². The molecule has 2 fully saturated rings. The number of rotatable bonds is 8. The number of Topliss-reactive ketones (excluding diaryl/α,β-unsaturated/α-hetero) is 1. The normalized spacial score (nSPS) is 19.8. The average molecular weight is 517 g/mol. The zero-order chi connectivity index (χ0) is 24.9. The van der Waals surface area contributed by atoms with Crippen molar-refractivity contribution in [3.63, 3.8) is 0 Å². The fourth-order valence-electron chi connectivity index (χ4n) is 4.59. The minimum absolute atomic E-state index is 0. The van der Waals surface area contributed by atoms with Crippen LogP contribution in [0.1, 0.15) is 29.7 Å². The predicted molar refractivity (Wildman–Crippen MR) is 139 cm³/mol. The van der Waals surface area contributed by atoms with E-state index < -0.39 is 17.7 Å². The van der Waals surface area contributed by atoms with E-state index >= 15 is 0 Å². The number of carbonyl (C=O) groups excluding carboxylic acids is 2. The molecule has 1 atom stereocenters. The van der Waals surface area contributed by atoms with E-state index in [1.54, 1.807) is 42.3 Å². The highest BCUT2D eigenvalue weighted by atomic mass is 35.5. The van der Waals surface area contributed by atoms with E-state index in [0.29, 0.717) is 50.0 Å². The fourth-order valence-corrected chi connectivity index (χ4v) is 4.59. The second-order valence-electron chi connectivity index (χ2n) is 8.63. The number of halogens is 1. The van der Waals surface area contributed by atoms with Gasteiger partial charge in [0.25, 0.3) is 11.7 Å². The number of nitrogens with zero attached hydrogens (tertiary/aromatic N) is 2. The fraction of sp³-hybridized carbons (Fsp3) is 0.407. The SMILES string of the molecule is CCOc1ccc(/C(O)=C2\C(=O)C(=O)N(CCN3CCOCC3)C2c2ccc(OC)cc2)cc1C.Cl. The summed E-state index contributed by atoms with van der Waals surface area (Å²) in [6.07, 6.45) is 0. The second kappa shape index (κ2) is 12.3. The molecule has 0 bridgehead atoms. The maximum absolute atomic E-state index is 13.3. The van der Waals surface area contributed by atoms with Crippen molar-refractivity contribution in [2.24, 2.45) is 0 Å². The minimum atomic E-state index is -0.700. The third-order valence-electron chi connectivity index (χ3n) is 6.48. The van der Waals surface area contributed by atoms with Gasteiger partial charge in [0.05, 0.1) is 38.5 Å². The van der Waals surface area contributed by atoms with Crippen LogP contribution in [-0.2, 0) is 14.3 Å². The number of aliphatic hydroxyl groups is 1. The second-order valence-corrected chi connectivity index (χ2v) is 8.63. The van der Waals surface area contributed by atoms with Crippen molar-refractivity contribution >= 4 is 29.9 Å². The summed E-state index contributed by atoms with van der Waals surface area (Å²) in [6.45, 7) is 8.15. The summed E-state index contributed by atoms with van der Waals surface area (Å²) in [5, 5.41) is 11.3. The molecule has 2 aliphatic rings. The van der Waals surface area contributed by atoms with E-state index in [1.807, 2.05) is 26.0 Å². The number of benzene rings is 2. The summed E-state index contributed by atoms with van der Waals surface area (Å²) < 4.78 is 16.3. The number of hydrogen-bond acceptors (Lipinski definition) is 7. The van der Waals surface area contributed by atoms with Crippen molar-refractivity contribution < 1.29 is 28.9 Å². The molecule has 2 heterocycles. The molecule has 0 spiro atoms. The lowest BCUT2D eigenvalue weighted by molar-refractivity contribution is -0.140. The van der Waals surface area contributed by atoms with Crippen molar-refractivity contribution in [2.75, 3.05) is 53.1 Å². The smallest absolute Gasteiger partial charge is 0.295 e. The van der Waals surface area contributed by atoms with Crippen LogP contribution in [0.3, 0.4) is 0 Å². The van der Waals surface area contributed by atoms with Crippen LogP contribution < -0.4 is 9.47 Å². The van der Waals surface area contributed by atoms with Crippen LogP contribution >= 0.6 is 12.4 Å². The van der Waals surface area contributed by atoms with Crippen LogP contribution in [0.25, 0.3) is 5.76 Å². The van der Waals surface area contributed by atoms with Gasteiger partial charge < -0.3 is 24.2 Å². The molecule has 2 aromatic rings. The highest BCUT2D eigenvalue weighted by molar-refractivity contribution is 6.46. The van der Waals surface area contributed by atoms with E-state index in [-0.39, 0.29) is 23.7 Å². The largest absolute Gasteiger partial charge is 0.507 e. The number of aryl methyl sites for hydroxylation is 1. The molecule has 1 N–H and O–H groups in total. The van der Waals surface area contributed by atoms with E-state index in [4.69, 9.17) is 14.2 Å². The summed E-state index contributed by atoms with van der Waals surface area (Å²) in [5.74, 6) is -0.104. The van der Waals surface area contributed by atoms with Crippen LogP contribution in [0.4, 0.5) is 0 Å². The molecule has 2 aliphatic heterocycles. The first-order chi connectivity index (χ1) is 16.9. The van der Waals surface area contributed by atoms with Crippen molar-refractivity contribution in [1.82, 2.24) is 9.80 Å². The van der Waals surface area contributed by atoms with Gasteiger partial charge >= 0.3 is 0 Å². The van der Waals surface area contributed by atoms with Crippen molar-refractivity contribution in [3.8, 4) is 11.5 Å². The van der Waals surface area contributed by atoms with E-state index in [2.05, 4.69) is 4.90 Å². The number of likely N-dealkylation sites (tertiary alicyclic amines) is 1. The molecule has 4 rings (SSSR count). The van der Waals surface area contributed by atoms with E-state index in [0.717, 1.165) is 24.2 Å². The number of ketones is 1. The van der Waals surface area contributed by atoms with Crippen molar-refractivity contribution in [3.05, 3.63) is 64.7 Å². The number of hydrogen-bond donors (Lipinski definition) is 1. The molecule has 0 aliphatic carbocycles. The molecule has 8 nitrogen and oxygen atoms in total. The van der Waals surface area contributed by atoms with Gasteiger partial charge in [0.1, 0.15) is 17.3 Å². The number of amides is 1. The Bertz CT molecular complexity index is 1110. The number of aliphatic hydroxyl groups excluding tert-OH is 1. The molecule has 9 heteroatoms. The molecule has 2 aromatic carbocycles. The molecule has 2 saturated heterocycles. The Labute approximate surface area is 217 Å². The topological polar surface area (TPSA) is 88.5 Å². The lowest BCUT2D eigenvalue weighted by Crippen LogP contribution is -2.42. The van der Waals surface area contributed by atoms with Gasteiger partial charge in [-0.1, -0.05) is 12.1 Å². The highest BCUT2D eigenvalue weighted by Crippen LogP contribution is 2.40. The maximum atomic E-state index is 13.3. The first-order valence-corrected chi connectivity index (χ1v) is 11.9. The van der Waals surface area contributed by atoms with Gasteiger partial charge in [-0.2, -0.15) is 0 Å². The average Bonchev–Trinajstić information content (AvgIpc) is 3.14. The minimum Gasteiger partial charge on any atom is -0.507 e. The molecular formula is C27H33ClN2O6. The highest BCUT2D eigenvalue weighted by Gasteiger charge is 2.46. The summed E-state index contributed by atoms with van der Waals surface area (Å²) in [4.78, 5) is 30.2. The zero-order valence-electron chi connectivity index (χ0n) is 20.9. The molecule has 1 unspecified atom stereocenters. The standard InChI is InChI=1S/C27H32N2O6.ClH/c1-4-35-22-10-7-20(17-18(22)2)25(30)23-24(19-5-8-21(33-3)9-6-19)29(27(32)26(23)31)12-11-28-13-15-34-16-14-28;/h5-10,17,24,30H,4,11-16H2,1-3H3;1H/b25-23+;. The zero-order valence-corrected chi connectivity index (χ0v) is 21.7. The Hall–Kier alpha value is -3.07. The molecular weight excluding hydrogens is 484 g/mol. The Morgan fingerprint density at radius 3 is 2.39 bits per heavy atom. The van der Waals surface area contributed by atoms with Gasteiger partial charge in [0.15, 0.2) is 0 Å². The summed E-state index contributed by atoms with van der Waals surface area (Å²) in [5.41, 5.74) is 2.12. The first-order valence-electron chi connectivity index (χ1n) is 11.9. The van der Waals surface area contributed by atoms with Crippen LogP contribution in [-0.4, -0.2) is 79.7 Å². The lowest BCUT2D eigenvalue weighted by atomic mass is 9.94. The molecule has 36 heavy (non-hydrogen) atoms. The summed E-state index contributed by atoms with van der Waals surface area (Å²) >= 11 is 0.